The molecular weight excluding hydrogens is 366 g/mol. The number of hydrogen-bond donors (Lipinski definition) is 1. The fourth-order valence-electron chi connectivity index (χ4n) is 3.73. The summed E-state index contributed by atoms with van der Waals surface area (Å²) >= 11 is 0. The summed E-state index contributed by atoms with van der Waals surface area (Å²) in [4.78, 5) is 24.9. The van der Waals surface area contributed by atoms with Gasteiger partial charge in [-0.05, 0) is 36.1 Å². The normalized spacial score (nSPS) is 15.3. The SMILES string of the molecule is COC(=O)[C@@H](Cc1cccc(OCc2ccccc2)c1)NC(=O)C1CCCCC1. The van der Waals surface area contributed by atoms with E-state index < -0.39 is 12.0 Å². The molecule has 1 aliphatic carbocycles. The van der Waals surface area contributed by atoms with Crippen LogP contribution in [0.4, 0.5) is 0 Å². The van der Waals surface area contributed by atoms with Crippen LogP contribution >= 0.6 is 0 Å². The first-order valence-electron chi connectivity index (χ1n) is 10.3. The minimum absolute atomic E-state index is 0.00329. The van der Waals surface area contributed by atoms with Crippen molar-refractivity contribution in [2.75, 3.05) is 7.11 Å². The number of amides is 1. The number of rotatable bonds is 8. The second-order valence-corrected chi connectivity index (χ2v) is 7.55. The molecule has 154 valence electrons. The maximum atomic E-state index is 12.6. The van der Waals surface area contributed by atoms with Crippen LogP contribution in [0, 0.1) is 5.92 Å². The molecule has 1 atom stereocenters. The summed E-state index contributed by atoms with van der Waals surface area (Å²) in [5, 5.41) is 2.91. The van der Waals surface area contributed by atoms with Crippen molar-refractivity contribution in [1.29, 1.82) is 0 Å². The number of benzene rings is 2. The topological polar surface area (TPSA) is 64.6 Å². The minimum atomic E-state index is -0.696. The lowest BCUT2D eigenvalue weighted by molar-refractivity contribution is -0.145. The standard InChI is InChI=1S/C24H29NO4/c1-28-24(27)22(25-23(26)20-12-6-3-7-13-20)16-19-11-8-14-21(15-19)29-17-18-9-4-2-5-10-18/h2,4-5,8-11,14-15,20,22H,3,6-7,12-13,16-17H2,1H3,(H,25,26)/t22-/m1/s1. The zero-order valence-corrected chi connectivity index (χ0v) is 16.9. The highest BCUT2D eigenvalue weighted by Gasteiger charge is 2.27. The van der Waals surface area contributed by atoms with Gasteiger partial charge in [0.25, 0.3) is 0 Å². The lowest BCUT2D eigenvalue weighted by Gasteiger charge is -2.24. The van der Waals surface area contributed by atoms with Crippen LogP contribution in [-0.4, -0.2) is 25.0 Å². The molecule has 29 heavy (non-hydrogen) atoms. The second kappa shape index (κ2) is 10.6. The van der Waals surface area contributed by atoms with Gasteiger partial charge in [0.15, 0.2) is 0 Å². The molecule has 1 aliphatic rings. The molecule has 5 heteroatoms. The van der Waals surface area contributed by atoms with E-state index in [-0.39, 0.29) is 11.8 Å². The van der Waals surface area contributed by atoms with Crippen molar-refractivity contribution >= 4 is 11.9 Å². The molecule has 2 aromatic carbocycles. The van der Waals surface area contributed by atoms with Gasteiger partial charge >= 0.3 is 5.97 Å². The minimum Gasteiger partial charge on any atom is -0.489 e. The average Bonchev–Trinajstić information content (AvgIpc) is 2.78. The average molecular weight is 395 g/mol. The van der Waals surface area contributed by atoms with Crippen LogP contribution in [-0.2, 0) is 27.4 Å². The van der Waals surface area contributed by atoms with Crippen molar-refractivity contribution in [2.24, 2.45) is 5.92 Å². The summed E-state index contributed by atoms with van der Waals surface area (Å²) < 4.78 is 10.8. The highest BCUT2D eigenvalue weighted by Crippen LogP contribution is 2.24. The molecule has 1 amide bonds. The van der Waals surface area contributed by atoms with Crippen LogP contribution < -0.4 is 10.1 Å². The molecule has 0 aliphatic heterocycles. The predicted octanol–water partition coefficient (Wildman–Crippen LogP) is 4.05. The Morgan fingerprint density at radius 1 is 1.00 bits per heavy atom. The molecule has 1 N–H and O–H groups in total. The van der Waals surface area contributed by atoms with Gasteiger partial charge in [-0.3, -0.25) is 4.79 Å². The van der Waals surface area contributed by atoms with E-state index in [0.717, 1.165) is 42.6 Å². The largest absolute Gasteiger partial charge is 0.489 e. The van der Waals surface area contributed by atoms with E-state index in [1.807, 2.05) is 54.6 Å². The number of carbonyl (C=O) groups is 2. The number of nitrogens with one attached hydrogen (secondary N) is 1. The van der Waals surface area contributed by atoms with Gasteiger partial charge in [0, 0.05) is 12.3 Å². The van der Waals surface area contributed by atoms with Crippen molar-refractivity contribution in [2.45, 2.75) is 51.2 Å². The number of hydrogen-bond acceptors (Lipinski definition) is 4. The summed E-state index contributed by atoms with van der Waals surface area (Å²) in [5.74, 6) is 0.256. The zero-order chi connectivity index (χ0) is 20.5. The van der Waals surface area contributed by atoms with Crippen molar-refractivity contribution < 1.29 is 19.1 Å². The van der Waals surface area contributed by atoms with Crippen molar-refractivity contribution in [3.05, 3.63) is 65.7 Å². The Hall–Kier alpha value is -2.82. The summed E-state index contributed by atoms with van der Waals surface area (Å²) in [5.41, 5.74) is 2.00. The maximum Gasteiger partial charge on any atom is 0.328 e. The summed E-state index contributed by atoms with van der Waals surface area (Å²) in [7, 11) is 1.35. The zero-order valence-electron chi connectivity index (χ0n) is 16.9. The Labute approximate surface area is 172 Å². The number of esters is 1. The van der Waals surface area contributed by atoms with Gasteiger partial charge < -0.3 is 14.8 Å². The molecule has 0 heterocycles. The van der Waals surface area contributed by atoms with E-state index in [0.29, 0.717) is 13.0 Å². The third kappa shape index (κ3) is 6.34. The molecule has 1 saturated carbocycles. The van der Waals surface area contributed by atoms with E-state index in [2.05, 4.69) is 5.32 Å². The second-order valence-electron chi connectivity index (χ2n) is 7.55. The molecule has 1 fully saturated rings. The van der Waals surface area contributed by atoms with Crippen LogP contribution in [0.15, 0.2) is 54.6 Å². The lowest BCUT2D eigenvalue weighted by atomic mass is 9.88. The van der Waals surface area contributed by atoms with Gasteiger partial charge in [-0.1, -0.05) is 61.7 Å². The summed E-state index contributed by atoms with van der Waals surface area (Å²) in [6.07, 6.45) is 5.47. The molecule has 0 radical (unpaired) electrons. The molecule has 0 unspecified atom stereocenters. The predicted molar refractivity (Wildman–Crippen MR) is 111 cm³/mol. The molecule has 0 saturated heterocycles. The highest BCUT2D eigenvalue weighted by atomic mass is 16.5. The fraction of sp³-hybridized carbons (Fsp3) is 0.417. The first-order valence-corrected chi connectivity index (χ1v) is 10.3. The van der Waals surface area contributed by atoms with E-state index in [1.165, 1.54) is 13.5 Å². The van der Waals surface area contributed by atoms with Crippen LogP contribution in [0.25, 0.3) is 0 Å². The third-order valence-electron chi connectivity index (χ3n) is 5.36. The van der Waals surface area contributed by atoms with Crippen LogP contribution in [0.1, 0.15) is 43.2 Å². The number of ether oxygens (including phenoxy) is 2. The monoisotopic (exact) mass is 395 g/mol. The van der Waals surface area contributed by atoms with E-state index in [9.17, 15) is 9.59 Å². The summed E-state index contributed by atoms with van der Waals surface area (Å²) in [6.45, 7) is 0.475. The van der Waals surface area contributed by atoms with Crippen LogP contribution in [0.3, 0.4) is 0 Å². The molecule has 0 bridgehead atoms. The van der Waals surface area contributed by atoms with Gasteiger partial charge in [0.05, 0.1) is 7.11 Å². The maximum absolute atomic E-state index is 12.6. The molecule has 0 spiro atoms. The first kappa shape index (κ1) is 20.9. The number of carbonyl (C=O) groups excluding carboxylic acids is 2. The van der Waals surface area contributed by atoms with Gasteiger partial charge in [-0.15, -0.1) is 0 Å². The molecule has 0 aromatic heterocycles. The van der Waals surface area contributed by atoms with Crippen molar-refractivity contribution in [1.82, 2.24) is 5.32 Å². The van der Waals surface area contributed by atoms with Crippen LogP contribution in [0.5, 0.6) is 5.75 Å². The highest BCUT2D eigenvalue weighted by molar-refractivity contribution is 5.86. The Morgan fingerprint density at radius 3 is 2.45 bits per heavy atom. The summed E-state index contributed by atoms with van der Waals surface area (Å²) in [6, 6.07) is 16.9. The number of methoxy groups -OCH3 is 1. The van der Waals surface area contributed by atoms with Gasteiger partial charge in [0.1, 0.15) is 18.4 Å². The Bertz CT molecular complexity index is 800. The molecule has 3 rings (SSSR count). The van der Waals surface area contributed by atoms with Gasteiger partial charge in [0.2, 0.25) is 5.91 Å². The lowest BCUT2D eigenvalue weighted by Crippen LogP contribution is -2.45. The molecule has 2 aromatic rings. The Morgan fingerprint density at radius 2 is 1.72 bits per heavy atom. The Balaban J connectivity index is 1.62. The van der Waals surface area contributed by atoms with E-state index >= 15 is 0 Å². The molecule has 5 nitrogen and oxygen atoms in total. The Kier molecular flexibility index (Phi) is 7.68. The van der Waals surface area contributed by atoms with Gasteiger partial charge in [-0.2, -0.15) is 0 Å². The van der Waals surface area contributed by atoms with E-state index in [4.69, 9.17) is 9.47 Å². The van der Waals surface area contributed by atoms with Crippen molar-refractivity contribution in [3.8, 4) is 5.75 Å². The molecular formula is C24H29NO4. The smallest absolute Gasteiger partial charge is 0.328 e. The quantitative estimate of drug-likeness (QED) is 0.685. The van der Waals surface area contributed by atoms with Crippen molar-refractivity contribution in [3.63, 3.8) is 0 Å². The van der Waals surface area contributed by atoms with E-state index in [1.54, 1.807) is 0 Å². The van der Waals surface area contributed by atoms with Gasteiger partial charge in [-0.25, -0.2) is 4.79 Å². The first-order chi connectivity index (χ1) is 14.2. The third-order valence-corrected chi connectivity index (χ3v) is 5.36. The van der Waals surface area contributed by atoms with Crippen LogP contribution in [0.2, 0.25) is 0 Å². The fourth-order valence-corrected chi connectivity index (χ4v) is 3.73.